The van der Waals surface area contributed by atoms with Crippen molar-refractivity contribution in [2.75, 3.05) is 41.3 Å². The summed E-state index contributed by atoms with van der Waals surface area (Å²) in [6.45, 7) is 1.99. The van der Waals surface area contributed by atoms with Crippen LogP contribution in [-0.4, -0.2) is 94.5 Å². The van der Waals surface area contributed by atoms with E-state index >= 15 is 0 Å². The van der Waals surface area contributed by atoms with E-state index in [9.17, 15) is 15.0 Å². The van der Waals surface area contributed by atoms with Crippen LogP contribution >= 0.6 is 0 Å². The number of rotatable bonds is 6. The lowest BCUT2D eigenvalue weighted by Crippen LogP contribution is -2.63. The maximum atomic E-state index is 13.5. The zero-order valence-electron chi connectivity index (χ0n) is 24.1. The van der Waals surface area contributed by atoms with Crippen LogP contribution in [0.3, 0.4) is 0 Å². The number of aliphatic hydroxyl groups is 2. The van der Waals surface area contributed by atoms with Crippen LogP contribution in [0, 0.1) is 11.8 Å². The van der Waals surface area contributed by atoms with Gasteiger partial charge in [-0.25, -0.2) is 0 Å². The molecule has 13 nitrogen and oxygen atoms in total. The van der Waals surface area contributed by atoms with Gasteiger partial charge in [-0.3, -0.25) is 4.79 Å². The molecule has 0 unspecified atom stereocenters. The Kier molecular flexibility index (Phi) is 7.27. The molecular formula is C30H34O13. The number of benzene rings is 2. The van der Waals surface area contributed by atoms with Gasteiger partial charge in [0.05, 0.1) is 46.6 Å². The van der Waals surface area contributed by atoms with Crippen molar-refractivity contribution in [2.45, 2.75) is 55.9 Å². The lowest BCUT2D eigenvalue weighted by Gasteiger charge is -2.47. The molecule has 43 heavy (non-hydrogen) atoms. The van der Waals surface area contributed by atoms with E-state index in [1.807, 2.05) is 24.3 Å². The van der Waals surface area contributed by atoms with Crippen molar-refractivity contribution >= 4 is 5.97 Å². The fraction of sp³-hybridized carbons (Fsp3) is 0.567. The smallest absolute Gasteiger partial charge is 0.310 e. The van der Waals surface area contributed by atoms with Gasteiger partial charge in [0.2, 0.25) is 12.5 Å². The van der Waals surface area contributed by atoms with Gasteiger partial charge in [0.1, 0.15) is 24.4 Å². The van der Waals surface area contributed by atoms with Gasteiger partial charge in [0, 0.05) is 11.8 Å². The number of ether oxygens (including phenoxy) is 10. The summed E-state index contributed by atoms with van der Waals surface area (Å²) in [5, 5.41) is 22.0. The van der Waals surface area contributed by atoms with Crippen molar-refractivity contribution in [1.82, 2.24) is 0 Å². The Hall–Kier alpha value is -3.33. The molecule has 0 spiro atoms. The highest BCUT2D eigenvalue weighted by molar-refractivity contribution is 5.79. The van der Waals surface area contributed by atoms with E-state index in [4.69, 9.17) is 47.4 Å². The van der Waals surface area contributed by atoms with E-state index in [2.05, 4.69) is 0 Å². The zero-order valence-corrected chi connectivity index (χ0v) is 24.1. The fourth-order valence-corrected chi connectivity index (χ4v) is 6.92. The molecule has 4 heterocycles. The highest BCUT2D eigenvalue weighted by Gasteiger charge is 2.56. The Bertz CT molecular complexity index is 1370. The van der Waals surface area contributed by atoms with Crippen LogP contribution in [0.1, 0.15) is 35.6 Å². The highest BCUT2D eigenvalue weighted by atomic mass is 16.8. The molecule has 1 aliphatic carbocycles. The monoisotopic (exact) mass is 602 g/mol. The average Bonchev–Trinajstić information content (AvgIpc) is 3.64. The molecular weight excluding hydrogens is 568 g/mol. The minimum Gasteiger partial charge on any atom is -0.493 e. The molecule has 2 aromatic rings. The number of carbonyl (C=O) groups excluding carboxylic acids is 1. The molecule has 3 saturated heterocycles. The third kappa shape index (κ3) is 4.57. The molecule has 7 rings (SSSR count). The maximum absolute atomic E-state index is 13.5. The van der Waals surface area contributed by atoms with E-state index in [0.717, 1.165) is 11.1 Å². The SMILES string of the molecule is COc1cc([C@@H]2c3cc4c(cc3[C@H](O[C@@H]3O[C@@H]5CO[C@H](C)O[C@H]5[C@H](O)[C@H]3O)[C@@H]3COC(=O)[C@H]23)OCO4)cc(OC)c1OC. The highest BCUT2D eigenvalue weighted by Crippen LogP contribution is 2.57. The number of cyclic esters (lactones) is 1. The largest absolute Gasteiger partial charge is 0.493 e. The summed E-state index contributed by atoms with van der Waals surface area (Å²) in [7, 11) is 4.58. The topological polar surface area (TPSA) is 150 Å². The normalized spacial score (nSPS) is 35.8. The molecule has 232 valence electrons. The Morgan fingerprint density at radius 2 is 1.53 bits per heavy atom. The van der Waals surface area contributed by atoms with E-state index in [0.29, 0.717) is 34.3 Å². The van der Waals surface area contributed by atoms with Crippen molar-refractivity contribution in [2.24, 2.45) is 11.8 Å². The molecule has 0 aromatic heterocycles. The first-order valence-electron chi connectivity index (χ1n) is 14.2. The van der Waals surface area contributed by atoms with E-state index in [-0.39, 0.29) is 20.0 Å². The Balaban J connectivity index is 1.32. The van der Waals surface area contributed by atoms with Gasteiger partial charge in [-0.2, -0.15) is 0 Å². The van der Waals surface area contributed by atoms with Crippen LogP contribution in [0.2, 0.25) is 0 Å². The number of hydrogen-bond donors (Lipinski definition) is 2. The average molecular weight is 603 g/mol. The Morgan fingerprint density at radius 3 is 2.21 bits per heavy atom. The molecule has 2 N–H and O–H groups in total. The Labute approximate surface area is 247 Å². The summed E-state index contributed by atoms with van der Waals surface area (Å²) < 4.78 is 57.7. The van der Waals surface area contributed by atoms with Crippen LogP contribution in [0.15, 0.2) is 24.3 Å². The lowest BCUT2D eigenvalue weighted by atomic mass is 9.66. The van der Waals surface area contributed by atoms with Gasteiger partial charge in [0.15, 0.2) is 35.6 Å². The predicted molar refractivity (Wildman–Crippen MR) is 143 cm³/mol. The summed E-state index contributed by atoms with van der Waals surface area (Å²) in [6, 6.07) is 7.31. The predicted octanol–water partition coefficient (Wildman–Crippen LogP) is 1.64. The van der Waals surface area contributed by atoms with Gasteiger partial charge in [-0.15, -0.1) is 0 Å². The molecule has 3 fully saturated rings. The number of fused-ring (bicyclic) bond motifs is 4. The van der Waals surface area contributed by atoms with Gasteiger partial charge < -0.3 is 57.6 Å². The first kappa shape index (κ1) is 28.4. The summed E-state index contributed by atoms with van der Waals surface area (Å²) in [5.74, 6) is 0.289. The fourth-order valence-electron chi connectivity index (χ4n) is 6.92. The second-order valence-electron chi connectivity index (χ2n) is 11.2. The molecule has 0 saturated carbocycles. The maximum Gasteiger partial charge on any atom is 0.310 e. The van der Waals surface area contributed by atoms with Crippen LogP contribution < -0.4 is 23.7 Å². The summed E-state index contributed by atoms with van der Waals surface area (Å²) in [5.41, 5.74) is 2.19. The number of carbonyl (C=O) groups is 1. The van der Waals surface area contributed by atoms with Crippen molar-refractivity contribution in [3.8, 4) is 28.7 Å². The lowest BCUT2D eigenvalue weighted by molar-refractivity contribution is -0.364. The van der Waals surface area contributed by atoms with Crippen molar-refractivity contribution < 1.29 is 62.4 Å². The van der Waals surface area contributed by atoms with E-state index in [1.54, 1.807) is 6.92 Å². The molecule has 13 heteroatoms. The quantitative estimate of drug-likeness (QED) is 0.462. The van der Waals surface area contributed by atoms with E-state index < -0.39 is 66.8 Å². The number of esters is 1. The standard InChI is InChI=1S/C30H34O13/c1-12-37-10-21-28(41-12)24(31)25(32)30(42-21)43-26-15-8-18-17(39-11-40-18)7-14(15)22(23-16(26)9-38-29(23)33)13-5-19(34-2)27(36-4)20(6-13)35-3/h5-8,12,16,21-26,28,30-32H,9-11H2,1-4H3/t12-,16+,21+,22+,23-,24+,25+,26-,28+,30-/m0/s1. The van der Waals surface area contributed by atoms with E-state index in [1.165, 1.54) is 21.3 Å². The van der Waals surface area contributed by atoms with Gasteiger partial charge in [-0.05, 0) is 47.9 Å². The molecule has 10 atom stereocenters. The molecule has 5 aliphatic rings. The van der Waals surface area contributed by atoms with Crippen LogP contribution in [0.25, 0.3) is 0 Å². The number of methoxy groups -OCH3 is 3. The third-order valence-corrected chi connectivity index (χ3v) is 8.93. The van der Waals surface area contributed by atoms with Crippen LogP contribution in [0.5, 0.6) is 28.7 Å². The van der Waals surface area contributed by atoms with Crippen molar-refractivity contribution in [3.05, 3.63) is 41.0 Å². The second kappa shape index (κ2) is 11.0. The number of hydrogen-bond acceptors (Lipinski definition) is 13. The molecule has 0 radical (unpaired) electrons. The third-order valence-electron chi connectivity index (χ3n) is 8.93. The van der Waals surface area contributed by atoms with Crippen molar-refractivity contribution in [1.29, 1.82) is 0 Å². The minimum atomic E-state index is -1.42. The van der Waals surface area contributed by atoms with Gasteiger partial charge in [0.25, 0.3) is 0 Å². The molecule has 0 amide bonds. The summed E-state index contributed by atoms with van der Waals surface area (Å²) in [6.07, 6.45) is -6.70. The molecule has 2 aromatic carbocycles. The zero-order chi connectivity index (χ0) is 30.0. The second-order valence-corrected chi connectivity index (χ2v) is 11.2. The van der Waals surface area contributed by atoms with Gasteiger partial charge >= 0.3 is 5.97 Å². The minimum absolute atomic E-state index is 0.0473. The molecule has 4 aliphatic heterocycles. The number of aliphatic hydroxyl groups excluding tert-OH is 2. The first-order valence-corrected chi connectivity index (χ1v) is 14.2. The van der Waals surface area contributed by atoms with Crippen LogP contribution in [-0.2, 0) is 28.5 Å². The summed E-state index contributed by atoms with van der Waals surface area (Å²) in [4.78, 5) is 13.5. The van der Waals surface area contributed by atoms with Crippen LogP contribution in [0.4, 0.5) is 0 Å². The summed E-state index contributed by atoms with van der Waals surface area (Å²) >= 11 is 0. The van der Waals surface area contributed by atoms with Crippen molar-refractivity contribution in [3.63, 3.8) is 0 Å². The molecule has 0 bridgehead atoms. The Morgan fingerprint density at radius 1 is 0.837 bits per heavy atom. The first-order chi connectivity index (χ1) is 20.8. The van der Waals surface area contributed by atoms with Gasteiger partial charge in [-0.1, -0.05) is 0 Å².